The lowest BCUT2D eigenvalue weighted by atomic mass is 10.1. The molecule has 0 aliphatic carbocycles. The van der Waals surface area contributed by atoms with Crippen molar-refractivity contribution in [2.24, 2.45) is 5.73 Å². The topological polar surface area (TPSA) is 152 Å². The number of nitrogens with zero attached hydrogens (tertiary/aromatic N) is 5. The second-order valence-electron chi connectivity index (χ2n) is 7.86. The number of H-pyrrole nitrogens is 1. The first kappa shape index (κ1) is 22.6. The number of hydrogen-bond acceptors (Lipinski definition) is 7. The van der Waals surface area contributed by atoms with Crippen molar-refractivity contribution in [1.82, 2.24) is 24.7 Å². The maximum Gasteiger partial charge on any atom is 0.338 e. The molecule has 6 N–H and O–H groups in total. The Balaban J connectivity index is 0.000000160. The van der Waals surface area contributed by atoms with Crippen LogP contribution in [0.25, 0.3) is 11.0 Å². The van der Waals surface area contributed by atoms with Crippen LogP contribution in [0.1, 0.15) is 28.8 Å². The Hall–Kier alpha value is -3.63. The van der Waals surface area contributed by atoms with Gasteiger partial charge in [0.2, 0.25) is 0 Å². The van der Waals surface area contributed by atoms with Gasteiger partial charge in [0.25, 0.3) is 0 Å². The van der Waals surface area contributed by atoms with Gasteiger partial charge in [-0.3, -0.25) is 9.67 Å². The quantitative estimate of drug-likeness (QED) is 0.356. The highest BCUT2D eigenvalue weighted by molar-refractivity contribution is 6.35. The lowest BCUT2D eigenvalue weighted by Crippen LogP contribution is -2.43. The SMILES string of the molecule is Nc1c[nH]c2ncc(Cl)c(N3CCC[C@@H](N)C3)c12.O=C(O)c1cnn(Cc2ccncc2)c1. The van der Waals surface area contributed by atoms with Crippen LogP contribution in [0.2, 0.25) is 5.02 Å². The molecule has 1 fully saturated rings. The third-order valence-corrected chi connectivity index (χ3v) is 5.68. The molecular weight excluding hydrogens is 444 g/mol. The van der Waals surface area contributed by atoms with Crippen LogP contribution in [0, 0.1) is 0 Å². The minimum Gasteiger partial charge on any atom is -0.478 e. The van der Waals surface area contributed by atoms with Gasteiger partial charge in [0.15, 0.2) is 0 Å². The molecule has 0 bridgehead atoms. The normalized spacial score (nSPS) is 15.8. The van der Waals surface area contributed by atoms with E-state index in [1.807, 2.05) is 12.1 Å². The number of aromatic carboxylic acids is 1. The third-order valence-electron chi connectivity index (χ3n) is 5.41. The van der Waals surface area contributed by atoms with Crippen LogP contribution in [-0.2, 0) is 6.54 Å². The summed E-state index contributed by atoms with van der Waals surface area (Å²) in [5.41, 5.74) is 15.7. The van der Waals surface area contributed by atoms with Gasteiger partial charge in [-0.05, 0) is 30.5 Å². The molecule has 33 heavy (non-hydrogen) atoms. The molecule has 11 heteroatoms. The largest absolute Gasteiger partial charge is 0.478 e. The molecule has 10 nitrogen and oxygen atoms in total. The molecule has 5 heterocycles. The number of nitrogens with one attached hydrogen (secondary N) is 1. The van der Waals surface area contributed by atoms with Crippen LogP contribution in [0.3, 0.4) is 0 Å². The van der Waals surface area contributed by atoms with Gasteiger partial charge in [-0.15, -0.1) is 0 Å². The summed E-state index contributed by atoms with van der Waals surface area (Å²) in [6.07, 6.45) is 11.8. The number of fused-ring (bicyclic) bond motifs is 1. The number of hydrogen-bond donors (Lipinski definition) is 4. The van der Waals surface area contributed by atoms with E-state index in [2.05, 4.69) is 25.0 Å². The van der Waals surface area contributed by atoms with Crippen LogP contribution < -0.4 is 16.4 Å². The molecule has 0 radical (unpaired) electrons. The maximum absolute atomic E-state index is 10.6. The first-order valence-electron chi connectivity index (χ1n) is 10.5. The van der Waals surface area contributed by atoms with Crippen LogP contribution in [0.15, 0.2) is 49.3 Å². The molecule has 1 aliphatic heterocycles. The zero-order valence-electron chi connectivity index (χ0n) is 17.9. The molecule has 0 amide bonds. The summed E-state index contributed by atoms with van der Waals surface area (Å²) >= 11 is 6.30. The molecule has 5 rings (SSSR count). The molecule has 0 spiro atoms. The van der Waals surface area contributed by atoms with E-state index in [0.717, 1.165) is 48.2 Å². The number of aromatic nitrogens is 5. The summed E-state index contributed by atoms with van der Waals surface area (Å²) in [5, 5.41) is 14.2. The molecule has 0 saturated carbocycles. The van der Waals surface area contributed by atoms with Gasteiger partial charge in [0, 0.05) is 43.9 Å². The van der Waals surface area contributed by atoms with E-state index in [1.165, 1.54) is 12.4 Å². The number of piperidine rings is 1. The first-order chi connectivity index (χ1) is 15.9. The van der Waals surface area contributed by atoms with Crippen LogP contribution in [0.5, 0.6) is 0 Å². The molecule has 0 aromatic carbocycles. The molecule has 1 aliphatic rings. The molecule has 4 aromatic heterocycles. The molecular formula is C22H25ClN8O2. The van der Waals surface area contributed by atoms with Gasteiger partial charge in [0.1, 0.15) is 5.65 Å². The fourth-order valence-electron chi connectivity index (χ4n) is 3.84. The Bertz CT molecular complexity index is 1240. The van der Waals surface area contributed by atoms with Crippen LogP contribution in [-0.4, -0.2) is 54.9 Å². The van der Waals surface area contributed by atoms with Crippen LogP contribution in [0.4, 0.5) is 11.4 Å². The number of nitrogen functional groups attached to an aromatic ring is 1. The number of carbonyl (C=O) groups is 1. The highest BCUT2D eigenvalue weighted by atomic mass is 35.5. The summed E-state index contributed by atoms with van der Waals surface area (Å²) in [4.78, 5) is 24.0. The zero-order chi connectivity index (χ0) is 23.4. The predicted octanol–water partition coefficient (Wildman–Crippen LogP) is 2.75. The monoisotopic (exact) mass is 468 g/mol. The summed E-state index contributed by atoms with van der Waals surface area (Å²) < 4.78 is 1.58. The second kappa shape index (κ2) is 9.88. The van der Waals surface area contributed by atoms with E-state index in [0.29, 0.717) is 17.3 Å². The Morgan fingerprint density at radius 3 is 2.79 bits per heavy atom. The Kier molecular flexibility index (Phi) is 6.76. The Labute approximate surface area is 195 Å². The van der Waals surface area contributed by atoms with E-state index in [9.17, 15) is 4.79 Å². The van der Waals surface area contributed by atoms with Crippen LogP contribution >= 0.6 is 11.6 Å². The molecule has 1 saturated heterocycles. The van der Waals surface area contributed by atoms with Crippen molar-refractivity contribution in [1.29, 1.82) is 0 Å². The van der Waals surface area contributed by atoms with E-state index in [1.54, 1.807) is 29.5 Å². The van der Waals surface area contributed by atoms with E-state index in [4.69, 9.17) is 28.2 Å². The number of pyridine rings is 2. The molecule has 4 aromatic rings. The standard InChI is InChI=1S/C12H16ClN5.C10H9N3O2/c13-8-4-16-12-10(9(15)5-17-12)11(8)18-3-1-2-7(14)6-18;14-10(15)9-5-12-13(7-9)6-8-1-3-11-4-2-8/h4-5,7H,1-3,6,14-15H2,(H,16,17);1-5,7H,6H2,(H,14,15)/t7-;/m1./s1. The van der Waals surface area contributed by atoms with Gasteiger partial charge >= 0.3 is 5.97 Å². The first-order valence-corrected chi connectivity index (χ1v) is 10.9. The van der Waals surface area contributed by atoms with Crippen molar-refractivity contribution in [2.75, 3.05) is 23.7 Å². The second-order valence-corrected chi connectivity index (χ2v) is 8.27. The number of halogens is 1. The summed E-state index contributed by atoms with van der Waals surface area (Å²) in [7, 11) is 0. The van der Waals surface area contributed by atoms with Gasteiger partial charge in [-0.2, -0.15) is 5.10 Å². The third kappa shape index (κ3) is 5.24. The molecule has 1 atom stereocenters. The molecule has 0 unspecified atom stereocenters. The predicted molar refractivity (Wildman–Crippen MR) is 127 cm³/mol. The summed E-state index contributed by atoms with van der Waals surface area (Å²) in [6.45, 7) is 2.32. The lowest BCUT2D eigenvalue weighted by Gasteiger charge is -2.33. The average Bonchev–Trinajstić information content (AvgIpc) is 3.42. The average molecular weight is 469 g/mol. The van der Waals surface area contributed by atoms with Crippen molar-refractivity contribution in [3.05, 3.63) is 65.5 Å². The number of rotatable bonds is 4. The number of aromatic amines is 1. The van der Waals surface area contributed by atoms with E-state index in [-0.39, 0.29) is 11.6 Å². The van der Waals surface area contributed by atoms with E-state index < -0.39 is 5.97 Å². The van der Waals surface area contributed by atoms with Crippen molar-refractivity contribution in [3.63, 3.8) is 0 Å². The zero-order valence-corrected chi connectivity index (χ0v) is 18.6. The molecule has 172 valence electrons. The van der Waals surface area contributed by atoms with Gasteiger partial charge in [-0.1, -0.05) is 11.6 Å². The van der Waals surface area contributed by atoms with Gasteiger partial charge < -0.3 is 26.5 Å². The van der Waals surface area contributed by atoms with E-state index >= 15 is 0 Å². The summed E-state index contributed by atoms with van der Waals surface area (Å²) in [5.74, 6) is -0.962. The van der Waals surface area contributed by atoms with Crippen molar-refractivity contribution in [3.8, 4) is 0 Å². The summed E-state index contributed by atoms with van der Waals surface area (Å²) in [6, 6.07) is 3.92. The highest BCUT2D eigenvalue weighted by Crippen LogP contribution is 2.37. The van der Waals surface area contributed by atoms with Crippen molar-refractivity contribution >= 4 is 40.0 Å². The number of carboxylic acid groups (broad SMARTS) is 1. The van der Waals surface area contributed by atoms with Gasteiger partial charge in [-0.25, -0.2) is 9.78 Å². The van der Waals surface area contributed by atoms with Crippen molar-refractivity contribution < 1.29 is 9.90 Å². The Morgan fingerprint density at radius 2 is 2.09 bits per heavy atom. The smallest absolute Gasteiger partial charge is 0.338 e. The Morgan fingerprint density at radius 1 is 1.30 bits per heavy atom. The maximum atomic E-state index is 10.6. The minimum atomic E-state index is -0.962. The number of nitrogens with two attached hydrogens (primary N) is 2. The van der Waals surface area contributed by atoms with Gasteiger partial charge in [0.05, 0.1) is 46.3 Å². The lowest BCUT2D eigenvalue weighted by molar-refractivity contribution is 0.0696. The number of carboxylic acids is 1. The highest BCUT2D eigenvalue weighted by Gasteiger charge is 2.22. The van der Waals surface area contributed by atoms with Crippen molar-refractivity contribution in [2.45, 2.75) is 25.4 Å². The fourth-order valence-corrected chi connectivity index (χ4v) is 4.10. The number of anilines is 2. The minimum absolute atomic E-state index is 0.193. The fraction of sp³-hybridized carbons (Fsp3) is 0.273.